The second kappa shape index (κ2) is 6.78. The van der Waals surface area contributed by atoms with Gasteiger partial charge >= 0.3 is 0 Å². The molecule has 2 fully saturated rings. The summed E-state index contributed by atoms with van der Waals surface area (Å²) < 4.78 is 24.4. The topological polar surface area (TPSA) is 49.4 Å². The molecule has 0 radical (unpaired) electrons. The highest BCUT2D eigenvalue weighted by Crippen LogP contribution is 2.25. The highest BCUT2D eigenvalue weighted by atomic mass is 32.2. The molecule has 0 aromatic rings. The standard InChI is InChI=1S/C13H26N2O2S2/c1-3-19(16,17)13-10-18-9-8-15(13)11(2)6-7-14-12-4-5-12/h11-14H,3-10H2,1-2H3. The van der Waals surface area contributed by atoms with Gasteiger partial charge in [-0.1, -0.05) is 6.92 Å². The van der Waals surface area contributed by atoms with E-state index in [0.29, 0.717) is 6.04 Å². The number of hydrogen-bond donors (Lipinski definition) is 1. The van der Waals surface area contributed by atoms with Gasteiger partial charge in [-0.05, 0) is 32.7 Å². The van der Waals surface area contributed by atoms with E-state index in [1.807, 2.05) is 0 Å². The van der Waals surface area contributed by atoms with Gasteiger partial charge < -0.3 is 5.32 Å². The third kappa shape index (κ3) is 4.34. The Morgan fingerprint density at radius 1 is 1.42 bits per heavy atom. The first-order valence-corrected chi connectivity index (χ1v) is 10.2. The predicted molar refractivity (Wildman–Crippen MR) is 82.4 cm³/mol. The van der Waals surface area contributed by atoms with E-state index in [0.717, 1.165) is 37.1 Å². The lowest BCUT2D eigenvalue weighted by Gasteiger charge is -2.39. The summed E-state index contributed by atoms with van der Waals surface area (Å²) in [6.45, 7) is 5.84. The second-order valence-corrected chi connectivity index (χ2v) is 9.18. The summed E-state index contributed by atoms with van der Waals surface area (Å²) in [4.78, 5) is 2.21. The van der Waals surface area contributed by atoms with Crippen LogP contribution in [0.4, 0.5) is 0 Å². The van der Waals surface area contributed by atoms with Crippen molar-refractivity contribution < 1.29 is 8.42 Å². The van der Waals surface area contributed by atoms with Crippen LogP contribution in [0, 0.1) is 0 Å². The van der Waals surface area contributed by atoms with E-state index in [1.165, 1.54) is 12.8 Å². The number of hydrogen-bond acceptors (Lipinski definition) is 5. The van der Waals surface area contributed by atoms with Crippen molar-refractivity contribution in [3.63, 3.8) is 0 Å². The van der Waals surface area contributed by atoms with Crippen LogP contribution in [0.3, 0.4) is 0 Å². The molecule has 0 aromatic heterocycles. The molecule has 2 rings (SSSR count). The molecule has 0 aromatic carbocycles. The second-order valence-electron chi connectivity index (χ2n) is 5.59. The zero-order chi connectivity index (χ0) is 13.9. The van der Waals surface area contributed by atoms with Gasteiger partial charge in [-0.3, -0.25) is 4.90 Å². The van der Waals surface area contributed by atoms with Crippen molar-refractivity contribution >= 4 is 21.6 Å². The van der Waals surface area contributed by atoms with E-state index in [-0.39, 0.29) is 11.1 Å². The smallest absolute Gasteiger partial charge is 0.166 e. The number of rotatable bonds is 7. The fraction of sp³-hybridized carbons (Fsp3) is 1.00. The van der Waals surface area contributed by atoms with Gasteiger partial charge in [0.15, 0.2) is 9.84 Å². The quantitative estimate of drug-likeness (QED) is 0.769. The Labute approximate surface area is 121 Å². The number of sulfone groups is 1. The zero-order valence-electron chi connectivity index (χ0n) is 12.0. The fourth-order valence-corrected chi connectivity index (χ4v) is 5.68. The van der Waals surface area contributed by atoms with Gasteiger partial charge in [0.25, 0.3) is 0 Å². The van der Waals surface area contributed by atoms with Gasteiger partial charge in [0.1, 0.15) is 5.37 Å². The Kier molecular flexibility index (Phi) is 5.57. The molecule has 1 aliphatic heterocycles. The minimum absolute atomic E-state index is 0.252. The molecule has 0 spiro atoms. The van der Waals surface area contributed by atoms with Gasteiger partial charge in [-0.25, -0.2) is 8.42 Å². The zero-order valence-corrected chi connectivity index (χ0v) is 13.6. The summed E-state index contributed by atoms with van der Waals surface area (Å²) >= 11 is 1.77. The maximum atomic E-state index is 12.2. The molecule has 1 heterocycles. The van der Waals surface area contributed by atoms with E-state index >= 15 is 0 Å². The van der Waals surface area contributed by atoms with Crippen molar-refractivity contribution in [3.8, 4) is 0 Å². The Bertz CT molecular complexity index is 382. The summed E-state index contributed by atoms with van der Waals surface area (Å²) in [5, 5.41) is 3.24. The summed E-state index contributed by atoms with van der Waals surface area (Å²) in [5.74, 6) is 2.04. The van der Waals surface area contributed by atoms with Crippen LogP contribution in [0.2, 0.25) is 0 Å². The van der Waals surface area contributed by atoms with E-state index in [2.05, 4.69) is 17.1 Å². The normalized spacial score (nSPS) is 27.4. The third-order valence-corrected chi connectivity index (χ3v) is 7.38. The molecule has 4 nitrogen and oxygen atoms in total. The molecule has 112 valence electrons. The van der Waals surface area contributed by atoms with Crippen molar-refractivity contribution in [2.24, 2.45) is 0 Å². The van der Waals surface area contributed by atoms with Gasteiger partial charge in [0, 0.05) is 35.9 Å². The Hall–Kier alpha value is 0.220. The number of nitrogens with zero attached hydrogens (tertiary/aromatic N) is 1. The monoisotopic (exact) mass is 306 g/mol. The van der Waals surface area contributed by atoms with Crippen LogP contribution in [0.15, 0.2) is 0 Å². The minimum atomic E-state index is -2.96. The first kappa shape index (κ1) is 15.6. The predicted octanol–water partition coefficient (Wildman–Crippen LogP) is 1.33. The van der Waals surface area contributed by atoms with Gasteiger partial charge in [-0.2, -0.15) is 11.8 Å². The van der Waals surface area contributed by atoms with Crippen LogP contribution in [-0.2, 0) is 9.84 Å². The van der Waals surface area contributed by atoms with Crippen molar-refractivity contribution in [1.82, 2.24) is 10.2 Å². The van der Waals surface area contributed by atoms with Crippen LogP contribution < -0.4 is 5.32 Å². The van der Waals surface area contributed by atoms with Crippen molar-refractivity contribution in [2.75, 3.05) is 30.3 Å². The van der Waals surface area contributed by atoms with Crippen LogP contribution >= 0.6 is 11.8 Å². The van der Waals surface area contributed by atoms with Crippen LogP contribution in [0.5, 0.6) is 0 Å². The molecule has 1 N–H and O–H groups in total. The summed E-state index contributed by atoms with van der Waals surface area (Å²) in [7, 11) is -2.96. The largest absolute Gasteiger partial charge is 0.314 e. The molecule has 1 aliphatic carbocycles. The Morgan fingerprint density at radius 3 is 2.79 bits per heavy atom. The molecule has 2 atom stereocenters. The number of thioether (sulfide) groups is 1. The van der Waals surface area contributed by atoms with Gasteiger partial charge in [0.2, 0.25) is 0 Å². The minimum Gasteiger partial charge on any atom is -0.314 e. The lowest BCUT2D eigenvalue weighted by Crippen LogP contribution is -2.52. The first-order chi connectivity index (χ1) is 9.04. The van der Waals surface area contributed by atoms with Crippen molar-refractivity contribution in [2.45, 2.75) is 50.6 Å². The third-order valence-electron chi connectivity index (χ3n) is 4.08. The fourth-order valence-electron chi connectivity index (χ4n) is 2.55. The molecule has 2 unspecified atom stereocenters. The Balaban J connectivity index is 1.89. The average Bonchev–Trinajstić information content (AvgIpc) is 3.23. The molecule has 1 saturated heterocycles. The van der Waals surface area contributed by atoms with Crippen LogP contribution in [0.1, 0.15) is 33.1 Å². The van der Waals surface area contributed by atoms with E-state index in [9.17, 15) is 8.42 Å². The molecule has 6 heteroatoms. The van der Waals surface area contributed by atoms with Crippen LogP contribution in [-0.4, -0.2) is 61.1 Å². The van der Waals surface area contributed by atoms with E-state index in [1.54, 1.807) is 18.7 Å². The SMILES string of the molecule is CCS(=O)(=O)C1CSCCN1C(C)CCNC1CC1. The molecule has 2 aliphatic rings. The molecular formula is C13H26N2O2S2. The molecular weight excluding hydrogens is 280 g/mol. The summed E-state index contributed by atoms with van der Waals surface area (Å²) in [6.07, 6.45) is 3.65. The summed E-state index contributed by atoms with van der Waals surface area (Å²) in [5.41, 5.74) is 0. The first-order valence-electron chi connectivity index (χ1n) is 7.33. The Morgan fingerprint density at radius 2 is 2.16 bits per heavy atom. The van der Waals surface area contributed by atoms with Crippen molar-refractivity contribution in [3.05, 3.63) is 0 Å². The lowest BCUT2D eigenvalue weighted by atomic mass is 10.2. The highest BCUT2D eigenvalue weighted by Gasteiger charge is 2.35. The van der Waals surface area contributed by atoms with Gasteiger partial charge in [-0.15, -0.1) is 0 Å². The maximum absolute atomic E-state index is 12.2. The molecule has 1 saturated carbocycles. The van der Waals surface area contributed by atoms with Gasteiger partial charge in [0.05, 0.1) is 0 Å². The average molecular weight is 306 g/mol. The maximum Gasteiger partial charge on any atom is 0.166 e. The van der Waals surface area contributed by atoms with Crippen molar-refractivity contribution in [1.29, 1.82) is 0 Å². The molecule has 0 amide bonds. The summed E-state index contributed by atoms with van der Waals surface area (Å²) in [6, 6.07) is 1.08. The molecule has 0 bridgehead atoms. The van der Waals surface area contributed by atoms with E-state index in [4.69, 9.17) is 0 Å². The molecule has 19 heavy (non-hydrogen) atoms. The highest BCUT2D eigenvalue weighted by molar-refractivity contribution is 8.01. The van der Waals surface area contributed by atoms with E-state index < -0.39 is 9.84 Å². The van der Waals surface area contributed by atoms with Crippen LogP contribution in [0.25, 0.3) is 0 Å². The number of nitrogens with one attached hydrogen (secondary N) is 1. The lowest BCUT2D eigenvalue weighted by molar-refractivity contribution is 0.194.